The SMILES string of the molecule is CCc1nnc(NS(=O)(=O)c2ccc(NC(=S)NC(=O)/C=C/c3ccc(C(C)C)cc3)cc2)s1. The summed E-state index contributed by atoms with van der Waals surface area (Å²) in [5.41, 5.74) is 2.66. The van der Waals surface area contributed by atoms with Crippen LogP contribution in [0.5, 0.6) is 0 Å². The molecule has 1 aromatic heterocycles. The number of carbonyl (C=O) groups is 1. The Morgan fingerprint density at radius 1 is 1.09 bits per heavy atom. The first-order chi connectivity index (χ1) is 16.2. The molecule has 3 aromatic rings. The lowest BCUT2D eigenvalue weighted by Crippen LogP contribution is -2.32. The highest BCUT2D eigenvalue weighted by Crippen LogP contribution is 2.21. The predicted molar refractivity (Wildman–Crippen MR) is 140 cm³/mol. The standard InChI is InChI=1S/C23H25N5O3S3/c1-4-21-26-27-23(33-21)28-34(30,31)19-12-10-18(11-13-19)24-22(32)25-20(29)14-7-16-5-8-17(9-6-16)15(2)3/h5-15H,4H2,1-3H3,(H,27,28)(H2,24,25,29,32)/b14-7+. The van der Waals surface area contributed by atoms with E-state index in [-0.39, 0.29) is 21.0 Å². The normalized spacial score (nSPS) is 11.5. The number of rotatable bonds is 8. The summed E-state index contributed by atoms with van der Waals surface area (Å²) in [4.78, 5) is 12.2. The number of amides is 1. The van der Waals surface area contributed by atoms with Crippen molar-refractivity contribution in [2.45, 2.75) is 38.0 Å². The van der Waals surface area contributed by atoms with E-state index in [0.29, 0.717) is 18.0 Å². The van der Waals surface area contributed by atoms with E-state index < -0.39 is 10.0 Å². The summed E-state index contributed by atoms with van der Waals surface area (Å²) in [5.74, 6) is 0.0665. The molecule has 0 unspecified atom stereocenters. The fourth-order valence-electron chi connectivity index (χ4n) is 2.81. The lowest BCUT2D eigenvalue weighted by molar-refractivity contribution is -0.115. The van der Waals surface area contributed by atoms with Crippen LogP contribution in [0.25, 0.3) is 6.08 Å². The highest BCUT2D eigenvalue weighted by molar-refractivity contribution is 7.93. The molecule has 0 aliphatic carbocycles. The van der Waals surface area contributed by atoms with Crippen LogP contribution in [-0.4, -0.2) is 29.6 Å². The molecule has 34 heavy (non-hydrogen) atoms. The predicted octanol–water partition coefficient (Wildman–Crippen LogP) is 4.55. The average Bonchev–Trinajstić information content (AvgIpc) is 3.25. The average molecular weight is 516 g/mol. The first kappa shape index (κ1) is 25.5. The highest BCUT2D eigenvalue weighted by atomic mass is 32.2. The van der Waals surface area contributed by atoms with Crippen LogP contribution in [0, 0.1) is 0 Å². The van der Waals surface area contributed by atoms with Gasteiger partial charge in [0.15, 0.2) is 5.11 Å². The van der Waals surface area contributed by atoms with E-state index in [2.05, 4.69) is 39.4 Å². The van der Waals surface area contributed by atoms with Gasteiger partial charge in [-0.15, -0.1) is 10.2 Å². The Balaban J connectivity index is 1.54. The second-order valence-corrected chi connectivity index (χ2v) is 10.7. The van der Waals surface area contributed by atoms with Crippen LogP contribution >= 0.6 is 23.6 Å². The number of hydrogen-bond acceptors (Lipinski definition) is 7. The molecule has 1 heterocycles. The van der Waals surface area contributed by atoms with Gasteiger partial charge in [0.2, 0.25) is 11.0 Å². The maximum absolute atomic E-state index is 12.5. The third kappa shape index (κ3) is 7.17. The number of aryl methyl sites for hydroxylation is 1. The van der Waals surface area contributed by atoms with Gasteiger partial charge in [0.1, 0.15) is 5.01 Å². The number of nitrogens with zero attached hydrogens (tertiary/aromatic N) is 2. The molecule has 1 amide bonds. The number of aromatic nitrogens is 2. The summed E-state index contributed by atoms with van der Waals surface area (Å²) in [6, 6.07) is 13.9. The molecular weight excluding hydrogens is 490 g/mol. The Bertz CT molecular complexity index is 1280. The van der Waals surface area contributed by atoms with Crippen LogP contribution in [0.3, 0.4) is 0 Å². The molecule has 8 nitrogen and oxygen atoms in total. The molecular formula is C23H25N5O3S3. The minimum absolute atomic E-state index is 0.0627. The van der Waals surface area contributed by atoms with E-state index in [4.69, 9.17) is 12.2 Å². The number of thiocarbonyl (C=S) groups is 1. The molecule has 3 rings (SSSR count). The lowest BCUT2D eigenvalue weighted by Gasteiger charge is -2.09. The third-order valence-corrected chi connectivity index (χ3v) is 7.35. The Kier molecular flexibility index (Phi) is 8.48. The van der Waals surface area contributed by atoms with Gasteiger partial charge in [0, 0.05) is 11.8 Å². The Morgan fingerprint density at radius 2 is 1.76 bits per heavy atom. The molecule has 0 spiro atoms. The van der Waals surface area contributed by atoms with Crippen LogP contribution in [-0.2, 0) is 21.2 Å². The molecule has 0 atom stereocenters. The molecule has 3 N–H and O–H groups in total. The number of anilines is 2. The van der Waals surface area contributed by atoms with Gasteiger partial charge in [-0.25, -0.2) is 8.42 Å². The van der Waals surface area contributed by atoms with Gasteiger partial charge in [-0.1, -0.05) is 56.4 Å². The van der Waals surface area contributed by atoms with Crippen molar-refractivity contribution < 1.29 is 13.2 Å². The van der Waals surface area contributed by atoms with Gasteiger partial charge in [-0.2, -0.15) is 0 Å². The van der Waals surface area contributed by atoms with Crippen molar-refractivity contribution in [3.8, 4) is 0 Å². The molecule has 178 valence electrons. The zero-order valence-electron chi connectivity index (χ0n) is 18.9. The van der Waals surface area contributed by atoms with Crippen molar-refractivity contribution in [1.29, 1.82) is 0 Å². The van der Waals surface area contributed by atoms with E-state index in [9.17, 15) is 13.2 Å². The smallest absolute Gasteiger partial charge is 0.263 e. The Morgan fingerprint density at radius 3 is 2.35 bits per heavy atom. The van der Waals surface area contributed by atoms with Crippen LogP contribution in [0.1, 0.15) is 42.8 Å². The summed E-state index contributed by atoms with van der Waals surface area (Å²) >= 11 is 6.36. The van der Waals surface area contributed by atoms with Crippen LogP contribution in [0.4, 0.5) is 10.8 Å². The van der Waals surface area contributed by atoms with Crippen molar-refractivity contribution >= 4 is 61.5 Å². The summed E-state index contributed by atoms with van der Waals surface area (Å²) in [5, 5.41) is 14.2. The van der Waals surface area contributed by atoms with Gasteiger partial charge >= 0.3 is 0 Å². The molecule has 0 saturated carbocycles. The maximum Gasteiger partial charge on any atom is 0.263 e. The fraction of sp³-hybridized carbons (Fsp3) is 0.217. The van der Waals surface area contributed by atoms with E-state index in [1.807, 2.05) is 31.2 Å². The molecule has 0 aliphatic heterocycles. The van der Waals surface area contributed by atoms with E-state index in [0.717, 1.165) is 10.6 Å². The fourth-order valence-corrected chi connectivity index (χ4v) is 4.94. The summed E-state index contributed by atoms with van der Waals surface area (Å²) in [6.45, 7) is 6.16. The van der Waals surface area contributed by atoms with Gasteiger partial charge in [-0.3, -0.25) is 14.8 Å². The van der Waals surface area contributed by atoms with E-state index in [1.54, 1.807) is 18.2 Å². The number of benzene rings is 2. The molecule has 0 radical (unpaired) electrons. The number of hydrogen-bond donors (Lipinski definition) is 3. The van der Waals surface area contributed by atoms with E-state index >= 15 is 0 Å². The van der Waals surface area contributed by atoms with Crippen molar-refractivity contribution in [3.05, 3.63) is 70.7 Å². The van der Waals surface area contributed by atoms with Crippen molar-refractivity contribution in [2.75, 3.05) is 10.0 Å². The monoisotopic (exact) mass is 515 g/mol. The third-order valence-electron chi connectivity index (χ3n) is 4.68. The van der Waals surface area contributed by atoms with Gasteiger partial charge in [0.05, 0.1) is 4.90 Å². The van der Waals surface area contributed by atoms with Gasteiger partial charge in [-0.05, 0) is 66.0 Å². The first-order valence-electron chi connectivity index (χ1n) is 10.5. The molecule has 0 aliphatic rings. The summed E-state index contributed by atoms with van der Waals surface area (Å²) in [6.07, 6.45) is 3.78. The number of carbonyl (C=O) groups excluding carboxylic acids is 1. The quantitative estimate of drug-likeness (QED) is 0.298. The molecule has 2 aromatic carbocycles. The summed E-state index contributed by atoms with van der Waals surface area (Å²) in [7, 11) is -3.80. The molecule has 0 fully saturated rings. The molecule has 11 heteroatoms. The maximum atomic E-state index is 12.5. The van der Waals surface area contributed by atoms with Crippen LogP contribution in [0.2, 0.25) is 0 Å². The highest BCUT2D eigenvalue weighted by Gasteiger charge is 2.17. The van der Waals surface area contributed by atoms with Crippen LogP contribution in [0.15, 0.2) is 59.5 Å². The van der Waals surface area contributed by atoms with E-state index in [1.165, 1.54) is 35.1 Å². The summed E-state index contributed by atoms with van der Waals surface area (Å²) < 4.78 is 27.5. The largest absolute Gasteiger partial charge is 0.332 e. The zero-order valence-corrected chi connectivity index (χ0v) is 21.4. The Labute approximate surface area is 208 Å². The number of sulfonamides is 1. The second kappa shape index (κ2) is 11.3. The lowest BCUT2D eigenvalue weighted by atomic mass is 10.0. The van der Waals surface area contributed by atoms with Gasteiger partial charge < -0.3 is 5.32 Å². The zero-order chi connectivity index (χ0) is 24.7. The second-order valence-electron chi connectivity index (χ2n) is 7.58. The minimum atomic E-state index is -3.80. The van der Waals surface area contributed by atoms with Crippen molar-refractivity contribution in [1.82, 2.24) is 15.5 Å². The minimum Gasteiger partial charge on any atom is -0.332 e. The topological polar surface area (TPSA) is 113 Å². The number of nitrogens with one attached hydrogen (secondary N) is 3. The molecule has 0 saturated heterocycles. The Hall–Kier alpha value is -3.15. The first-order valence-corrected chi connectivity index (χ1v) is 13.2. The molecule has 0 bridgehead atoms. The van der Waals surface area contributed by atoms with Crippen molar-refractivity contribution in [2.24, 2.45) is 0 Å². The van der Waals surface area contributed by atoms with Crippen molar-refractivity contribution in [3.63, 3.8) is 0 Å². The van der Waals surface area contributed by atoms with Crippen LogP contribution < -0.4 is 15.4 Å². The van der Waals surface area contributed by atoms with Gasteiger partial charge in [0.25, 0.3) is 10.0 Å².